The number of fused-ring (bicyclic) bond motifs is 3. The number of thiophene rings is 2. The minimum Gasteiger partial charge on any atom is -0.339 e. The fraction of sp³-hybridized carbons (Fsp3) is 0.0714. The van der Waals surface area contributed by atoms with Crippen LogP contribution in [0.25, 0.3) is 5.00 Å². The number of rotatable bonds is 1. The SMILES string of the molecule is O=C1NC(c2cccs2)c2cccn2-c2sccc21. The van der Waals surface area contributed by atoms with E-state index in [0.29, 0.717) is 0 Å². The largest absolute Gasteiger partial charge is 0.339 e. The predicted octanol–water partition coefficient (Wildman–Crippen LogP) is 3.43. The van der Waals surface area contributed by atoms with Gasteiger partial charge in [0.15, 0.2) is 0 Å². The monoisotopic (exact) mass is 286 g/mol. The number of aromatic nitrogens is 1. The van der Waals surface area contributed by atoms with Crippen molar-refractivity contribution in [3.05, 3.63) is 63.4 Å². The number of amides is 1. The van der Waals surface area contributed by atoms with Gasteiger partial charge in [-0.15, -0.1) is 22.7 Å². The number of nitrogens with one attached hydrogen (secondary N) is 1. The Labute approximate surface area is 118 Å². The quantitative estimate of drug-likeness (QED) is 0.730. The average Bonchev–Trinajstić information content (AvgIpc) is 3.14. The molecule has 1 aliphatic heterocycles. The Hall–Kier alpha value is -1.85. The second kappa shape index (κ2) is 4.08. The Bertz CT molecular complexity index is 739. The second-order valence-electron chi connectivity index (χ2n) is 4.36. The lowest BCUT2D eigenvalue weighted by Gasteiger charge is -2.15. The van der Waals surface area contributed by atoms with Crippen molar-refractivity contribution in [2.24, 2.45) is 0 Å². The van der Waals surface area contributed by atoms with Gasteiger partial charge in [0.25, 0.3) is 5.91 Å². The molecule has 0 saturated carbocycles. The van der Waals surface area contributed by atoms with Crippen LogP contribution in [0.2, 0.25) is 0 Å². The molecular weight excluding hydrogens is 276 g/mol. The lowest BCUT2D eigenvalue weighted by Crippen LogP contribution is -2.27. The summed E-state index contributed by atoms with van der Waals surface area (Å²) in [6.45, 7) is 0. The molecule has 4 rings (SSSR count). The molecule has 0 saturated heterocycles. The van der Waals surface area contributed by atoms with Gasteiger partial charge in [0, 0.05) is 11.1 Å². The summed E-state index contributed by atoms with van der Waals surface area (Å²) >= 11 is 3.26. The fourth-order valence-electron chi connectivity index (χ4n) is 2.43. The van der Waals surface area contributed by atoms with Crippen LogP contribution in [0.1, 0.15) is 27.0 Å². The minimum atomic E-state index is -0.0675. The third-order valence-electron chi connectivity index (χ3n) is 3.29. The zero-order chi connectivity index (χ0) is 12.8. The molecule has 1 N–H and O–H groups in total. The van der Waals surface area contributed by atoms with E-state index in [1.165, 1.54) is 0 Å². The van der Waals surface area contributed by atoms with Gasteiger partial charge in [0.1, 0.15) is 11.0 Å². The van der Waals surface area contributed by atoms with Crippen molar-refractivity contribution in [1.29, 1.82) is 0 Å². The molecule has 0 bridgehead atoms. The lowest BCUT2D eigenvalue weighted by atomic mass is 10.1. The van der Waals surface area contributed by atoms with Gasteiger partial charge in [0.2, 0.25) is 0 Å². The van der Waals surface area contributed by atoms with Gasteiger partial charge in [-0.1, -0.05) is 6.07 Å². The Kier molecular flexibility index (Phi) is 2.36. The van der Waals surface area contributed by atoms with Gasteiger partial charge in [-0.2, -0.15) is 0 Å². The molecule has 4 heterocycles. The van der Waals surface area contributed by atoms with E-state index in [1.54, 1.807) is 22.7 Å². The molecule has 0 spiro atoms. The van der Waals surface area contributed by atoms with E-state index >= 15 is 0 Å². The van der Waals surface area contributed by atoms with Crippen molar-refractivity contribution in [2.75, 3.05) is 0 Å². The highest BCUT2D eigenvalue weighted by Gasteiger charge is 2.28. The number of hydrogen-bond donors (Lipinski definition) is 1. The summed E-state index contributed by atoms with van der Waals surface area (Å²) < 4.78 is 2.11. The molecule has 94 valence electrons. The van der Waals surface area contributed by atoms with Gasteiger partial charge in [-0.25, -0.2) is 0 Å². The van der Waals surface area contributed by atoms with Gasteiger partial charge in [-0.05, 0) is 35.0 Å². The van der Waals surface area contributed by atoms with Crippen molar-refractivity contribution in [3.8, 4) is 5.00 Å². The maximum atomic E-state index is 12.3. The number of carbonyl (C=O) groups excluding carboxylic acids is 1. The number of carbonyl (C=O) groups is 1. The first-order valence-corrected chi connectivity index (χ1v) is 7.70. The molecule has 0 radical (unpaired) electrons. The second-order valence-corrected chi connectivity index (χ2v) is 6.24. The normalized spacial score (nSPS) is 17.5. The first-order chi connectivity index (χ1) is 9.34. The summed E-state index contributed by atoms with van der Waals surface area (Å²) in [6, 6.07) is 9.99. The topological polar surface area (TPSA) is 34.0 Å². The molecule has 3 nitrogen and oxygen atoms in total. The van der Waals surface area contributed by atoms with Crippen LogP contribution in [0.15, 0.2) is 47.3 Å². The molecule has 19 heavy (non-hydrogen) atoms. The average molecular weight is 286 g/mol. The van der Waals surface area contributed by atoms with E-state index in [9.17, 15) is 4.79 Å². The van der Waals surface area contributed by atoms with Gasteiger partial charge < -0.3 is 9.88 Å². The van der Waals surface area contributed by atoms with E-state index in [1.807, 2.05) is 35.2 Å². The van der Waals surface area contributed by atoms with Crippen LogP contribution in [0, 0.1) is 0 Å². The van der Waals surface area contributed by atoms with Crippen molar-refractivity contribution in [3.63, 3.8) is 0 Å². The van der Waals surface area contributed by atoms with E-state index in [4.69, 9.17) is 0 Å². The van der Waals surface area contributed by atoms with Crippen LogP contribution < -0.4 is 5.32 Å². The molecule has 0 fully saturated rings. The summed E-state index contributed by atoms with van der Waals surface area (Å²) in [5.74, 6) is -0.00153. The van der Waals surface area contributed by atoms with Crippen molar-refractivity contribution >= 4 is 28.6 Å². The van der Waals surface area contributed by atoms with Crippen molar-refractivity contribution in [1.82, 2.24) is 9.88 Å². The molecule has 1 unspecified atom stereocenters. The number of nitrogens with zero attached hydrogens (tertiary/aromatic N) is 1. The predicted molar refractivity (Wildman–Crippen MR) is 77.3 cm³/mol. The van der Waals surface area contributed by atoms with Crippen LogP contribution in [0.3, 0.4) is 0 Å². The maximum Gasteiger partial charge on any atom is 0.255 e. The van der Waals surface area contributed by atoms with E-state index < -0.39 is 0 Å². The summed E-state index contributed by atoms with van der Waals surface area (Å²) in [5.41, 5.74) is 1.86. The Balaban J connectivity index is 1.95. The van der Waals surface area contributed by atoms with Crippen LogP contribution in [0.4, 0.5) is 0 Å². The highest BCUT2D eigenvalue weighted by atomic mass is 32.1. The van der Waals surface area contributed by atoms with Crippen LogP contribution in [-0.2, 0) is 0 Å². The number of hydrogen-bond acceptors (Lipinski definition) is 3. The maximum absolute atomic E-state index is 12.3. The molecule has 1 aliphatic rings. The third-order valence-corrected chi connectivity index (χ3v) is 5.14. The highest BCUT2D eigenvalue weighted by molar-refractivity contribution is 7.13. The molecule has 1 amide bonds. The van der Waals surface area contributed by atoms with Crippen LogP contribution >= 0.6 is 22.7 Å². The minimum absolute atomic E-state index is 0.00153. The van der Waals surface area contributed by atoms with Gasteiger partial charge in [-0.3, -0.25) is 4.79 Å². The van der Waals surface area contributed by atoms with Crippen LogP contribution in [-0.4, -0.2) is 10.5 Å². The van der Waals surface area contributed by atoms with Gasteiger partial charge >= 0.3 is 0 Å². The van der Waals surface area contributed by atoms with Crippen molar-refractivity contribution in [2.45, 2.75) is 6.04 Å². The van der Waals surface area contributed by atoms with Crippen LogP contribution in [0.5, 0.6) is 0 Å². The zero-order valence-corrected chi connectivity index (χ0v) is 11.5. The Morgan fingerprint density at radius 1 is 1.11 bits per heavy atom. The molecule has 3 aromatic heterocycles. The molecule has 3 aromatic rings. The third kappa shape index (κ3) is 1.59. The zero-order valence-electron chi connectivity index (χ0n) is 9.87. The first kappa shape index (κ1) is 11.0. The molecular formula is C14H10N2OS2. The molecule has 0 aromatic carbocycles. The van der Waals surface area contributed by atoms with E-state index in [2.05, 4.69) is 22.0 Å². The fourth-order valence-corrected chi connectivity index (χ4v) is 4.12. The first-order valence-electron chi connectivity index (χ1n) is 5.94. The lowest BCUT2D eigenvalue weighted by molar-refractivity contribution is 0.0946. The summed E-state index contributed by atoms with van der Waals surface area (Å²) in [5, 5.41) is 8.11. The summed E-state index contributed by atoms with van der Waals surface area (Å²) in [6.07, 6.45) is 2.02. The van der Waals surface area contributed by atoms with Gasteiger partial charge in [0.05, 0.1) is 11.3 Å². The summed E-state index contributed by atoms with van der Waals surface area (Å²) in [7, 11) is 0. The summed E-state index contributed by atoms with van der Waals surface area (Å²) in [4.78, 5) is 13.5. The Morgan fingerprint density at radius 3 is 2.89 bits per heavy atom. The smallest absolute Gasteiger partial charge is 0.255 e. The highest BCUT2D eigenvalue weighted by Crippen LogP contribution is 2.34. The van der Waals surface area contributed by atoms with E-state index in [0.717, 1.165) is 21.1 Å². The Morgan fingerprint density at radius 2 is 2.05 bits per heavy atom. The van der Waals surface area contributed by atoms with Crippen molar-refractivity contribution < 1.29 is 4.79 Å². The standard InChI is InChI=1S/C14H10N2OS2/c17-13-9-5-8-19-14(9)16-6-1-3-10(16)12(15-13)11-4-2-7-18-11/h1-8,12H,(H,15,17). The molecule has 1 atom stereocenters. The molecule has 5 heteroatoms. The van der Waals surface area contributed by atoms with E-state index in [-0.39, 0.29) is 11.9 Å². The molecule has 0 aliphatic carbocycles.